The van der Waals surface area contributed by atoms with Crippen LogP contribution in [0.4, 0.5) is 0 Å². The summed E-state index contributed by atoms with van der Waals surface area (Å²) in [6.45, 7) is 5.67. The molecule has 4 heterocycles. The van der Waals surface area contributed by atoms with Crippen molar-refractivity contribution < 1.29 is 19.3 Å². The lowest BCUT2D eigenvalue weighted by molar-refractivity contribution is -0.207. The predicted octanol–water partition coefficient (Wildman–Crippen LogP) is 0.698. The molecule has 2 saturated heterocycles. The van der Waals surface area contributed by atoms with Gasteiger partial charge in [-0.05, 0) is 20.3 Å². The van der Waals surface area contributed by atoms with E-state index in [1.54, 1.807) is 4.57 Å². The van der Waals surface area contributed by atoms with Crippen molar-refractivity contribution in [3.05, 3.63) is 23.0 Å². The van der Waals surface area contributed by atoms with E-state index in [4.69, 9.17) is 14.2 Å². The topological polar surface area (TPSA) is 111 Å². The van der Waals surface area contributed by atoms with Gasteiger partial charge in [0.15, 0.2) is 23.2 Å². The molecule has 5 atom stereocenters. The van der Waals surface area contributed by atoms with E-state index in [1.807, 2.05) is 20.8 Å². The fourth-order valence-electron chi connectivity index (χ4n) is 3.65. The van der Waals surface area contributed by atoms with Gasteiger partial charge in [0.05, 0.1) is 18.8 Å². The van der Waals surface area contributed by atoms with E-state index >= 15 is 0 Å². The minimum Gasteiger partial charge on any atom is -0.390 e. The van der Waals surface area contributed by atoms with Gasteiger partial charge >= 0.3 is 0 Å². The first kappa shape index (κ1) is 16.6. The lowest BCUT2D eigenvalue weighted by atomic mass is 10.0. The second kappa shape index (κ2) is 5.87. The summed E-state index contributed by atoms with van der Waals surface area (Å²) in [4.78, 5) is 22.7. The van der Waals surface area contributed by atoms with E-state index in [2.05, 4.69) is 15.0 Å². The normalized spacial score (nSPS) is 32.2. The minimum absolute atomic E-state index is 0.235. The van der Waals surface area contributed by atoms with Crippen LogP contribution in [0.3, 0.4) is 0 Å². The molecule has 0 aliphatic carbocycles. The summed E-state index contributed by atoms with van der Waals surface area (Å²) in [5.74, 6) is -0.775. The number of fused-ring (bicyclic) bond motifs is 2. The summed E-state index contributed by atoms with van der Waals surface area (Å²) in [7, 11) is 0. The highest BCUT2D eigenvalue weighted by molar-refractivity contribution is 5.68. The van der Waals surface area contributed by atoms with Crippen LogP contribution in [0.2, 0.25) is 0 Å². The van der Waals surface area contributed by atoms with Gasteiger partial charge in [-0.1, -0.05) is 13.3 Å². The first-order valence-corrected chi connectivity index (χ1v) is 8.50. The molecule has 2 aromatic rings. The Balaban J connectivity index is 1.73. The Labute approximate surface area is 143 Å². The monoisotopic (exact) mass is 350 g/mol. The molecule has 2 aliphatic rings. The molecule has 0 amide bonds. The Kier molecular flexibility index (Phi) is 3.91. The summed E-state index contributed by atoms with van der Waals surface area (Å²) in [5.41, 5.74) is 0.328. The van der Waals surface area contributed by atoms with Crippen LogP contribution in [0.5, 0.6) is 0 Å². The van der Waals surface area contributed by atoms with Gasteiger partial charge in [0.25, 0.3) is 5.56 Å². The number of imidazole rings is 1. The molecule has 25 heavy (non-hydrogen) atoms. The largest absolute Gasteiger partial charge is 0.390 e. The summed E-state index contributed by atoms with van der Waals surface area (Å²) in [5, 5.41) is 10.5. The Morgan fingerprint density at radius 3 is 2.88 bits per heavy atom. The van der Waals surface area contributed by atoms with Crippen LogP contribution < -0.4 is 5.56 Å². The average molecular weight is 350 g/mol. The van der Waals surface area contributed by atoms with Crippen molar-refractivity contribution >= 4 is 11.2 Å². The smallest absolute Gasteiger partial charge is 0.278 e. The third kappa shape index (κ3) is 2.67. The number of hydrogen-bond donors (Lipinski definition) is 2. The third-order valence-corrected chi connectivity index (χ3v) is 4.67. The molecular formula is C16H22N4O5. The second-order valence-electron chi connectivity index (χ2n) is 6.97. The molecule has 4 rings (SSSR count). The fourth-order valence-corrected chi connectivity index (χ4v) is 3.65. The van der Waals surface area contributed by atoms with Crippen molar-refractivity contribution in [2.24, 2.45) is 0 Å². The van der Waals surface area contributed by atoms with Crippen molar-refractivity contribution in [2.75, 3.05) is 0 Å². The van der Waals surface area contributed by atoms with Crippen molar-refractivity contribution in [1.82, 2.24) is 19.5 Å². The maximum atomic E-state index is 11.9. The van der Waals surface area contributed by atoms with Crippen LogP contribution in [-0.2, 0) is 14.2 Å². The number of ether oxygens (including phenoxy) is 3. The number of aliphatic hydroxyl groups is 1. The van der Waals surface area contributed by atoms with Crippen molar-refractivity contribution in [3.8, 4) is 0 Å². The van der Waals surface area contributed by atoms with E-state index in [0.29, 0.717) is 12.1 Å². The number of nitrogens with zero attached hydrogens (tertiary/aromatic N) is 3. The number of H-pyrrole nitrogens is 1. The average Bonchev–Trinajstić information content (AvgIpc) is 3.18. The number of rotatable bonds is 4. The van der Waals surface area contributed by atoms with Crippen LogP contribution in [-0.4, -0.2) is 54.8 Å². The van der Waals surface area contributed by atoms with Crippen molar-refractivity contribution in [2.45, 2.75) is 70.0 Å². The lowest BCUT2D eigenvalue weighted by Crippen LogP contribution is -2.38. The van der Waals surface area contributed by atoms with Crippen molar-refractivity contribution in [3.63, 3.8) is 0 Å². The van der Waals surface area contributed by atoms with E-state index in [1.165, 1.54) is 12.7 Å². The van der Waals surface area contributed by atoms with Gasteiger partial charge in [0.1, 0.15) is 18.3 Å². The van der Waals surface area contributed by atoms with Crippen LogP contribution in [0.25, 0.3) is 11.2 Å². The van der Waals surface area contributed by atoms with E-state index in [0.717, 1.165) is 6.42 Å². The minimum atomic E-state index is -0.775. The van der Waals surface area contributed by atoms with Crippen LogP contribution in [0.1, 0.15) is 39.8 Å². The maximum absolute atomic E-state index is 11.9. The number of nitrogens with one attached hydrogen (secondary N) is 1. The molecule has 0 aromatic carbocycles. The van der Waals surface area contributed by atoms with Gasteiger partial charge in [-0.2, -0.15) is 0 Å². The Bertz CT molecular complexity index is 831. The zero-order valence-corrected chi connectivity index (χ0v) is 14.4. The maximum Gasteiger partial charge on any atom is 0.278 e. The molecule has 9 heteroatoms. The highest BCUT2D eigenvalue weighted by atomic mass is 16.8. The van der Waals surface area contributed by atoms with Crippen molar-refractivity contribution in [1.29, 1.82) is 0 Å². The molecule has 2 fully saturated rings. The molecule has 2 aromatic heterocycles. The molecule has 0 unspecified atom stereocenters. The van der Waals surface area contributed by atoms with Gasteiger partial charge in [-0.15, -0.1) is 0 Å². The Morgan fingerprint density at radius 1 is 1.36 bits per heavy atom. The van der Waals surface area contributed by atoms with Gasteiger partial charge in [-0.25, -0.2) is 9.97 Å². The second-order valence-corrected chi connectivity index (χ2v) is 6.97. The third-order valence-electron chi connectivity index (χ3n) is 4.67. The molecule has 2 N–H and O–H groups in total. The van der Waals surface area contributed by atoms with Gasteiger partial charge < -0.3 is 24.3 Å². The summed E-state index contributed by atoms with van der Waals surface area (Å²) >= 11 is 0. The number of aliphatic hydroxyl groups excluding tert-OH is 1. The molecule has 0 radical (unpaired) electrons. The molecule has 0 bridgehead atoms. The van der Waals surface area contributed by atoms with Gasteiger partial charge in [0, 0.05) is 0 Å². The number of aromatic amines is 1. The predicted molar refractivity (Wildman–Crippen MR) is 86.8 cm³/mol. The first-order valence-electron chi connectivity index (χ1n) is 8.50. The highest BCUT2D eigenvalue weighted by Crippen LogP contribution is 2.44. The van der Waals surface area contributed by atoms with E-state index in [9.17, 15) is 9.90 Å². The molecular weight excluding hydrogens is 328 g/mol. The Hall–Kier alpha value is -1.81. The molecule has 136 valence electrons. The van der Waals surface area contributed by atoms with Gasteiger partial charge in [0.2, 0.25) is 0 Å². The van der Waals surface area contributed by atoms with Crippen LogP contribution >= 0.6 is 0 Å². The lowest BCUT2D eigenvalue weighted by Gasteiger charge is -2.26. The van der Waals surface area contributed by atoms with Crippen LogP contribution in [0, 0.1) is 0 Å². The summed E-state index contributed by atoms with van der Waals surface area (Å²) in [6.07, 6.45) is 1.69. The molecule has 2 aliphatic heterocycles. The highest BCUT2D eigenvalue weighted by Gasteiger charge is 2.57. The Morgan fingerprint density at radius 2 is 2.12 bits per heavy atom. The fraction of sp³-hybridized carbons (Fsp3) is 0.688. The number of hydrogen-bond acceptors (Lipinski definition) is 7. The SMILES string of the molecule is CCC[C@H](O)[C@H]1O[C@@H](n2cnc3c(=O)[nH]cnc32)[C@@H]2OC(C)(C)O[C@@H]21. The summed E-state index contributed by atoms with van der Waals surface area (Å²) < 4.78 is 19.8. The van der Waals surface area contributed by atoms with E-state index < -0.39 is 36.4 Å². The van der Waals surface area contributed by atoms with Crippen LogP contribution in [0.15, 0.2) is 17.4 Å². The molecule has 0 saturated carbocycles. The quantitative estimate of drug-likeness (QED) is 0.835. The zero-order valence-electron chi connectivity index (χ0n) is 14.4. The number of aromatic nitrogens is 4. The summed E-state index contributed by atoms with van der Waals surface area (Å²) in [6, 6.07) is 0. The van der Waals surface area contributed by atoms with E-state index in [-0.39, 0.29) is 11.1 Å². The van der Waals surface area contributed by atoms with Gasteiger partial charge in [-0.3, -0.25) is 9.36 Å². The zero-order chi connectivity index (χ0) is 17.8. The standard InChI is InChI=1S/C16H22N4O5/c1-4-5-8(21)10-11-12(25-16(2,3)24-11)15(23-10)20-7-19-9-13(20)17-6-18-14(9)22/h6-8,10-12,15,21H,4-5H2,1-3H3,(H,17,18,22)/t8-,10+,11+,12+,15+/m0/s1. The first-order chi connectivity index (χ1) is 11.9. The molecule has 0 spiro atoms. The molecule has 9 nitrogen and oxygen atoms in total.